The average Bonchev–Trinajstić information content (AvgIpc) is 2.88. The third-order valence-electron chi connectivity index (χ3n) is 4.90. The van der Waals surface area contributed by atoms with E-state index in [1.54, 1.807) is 18.4 Å². The lowest BCUT2D eigenvalue weighted by Crippen LogP contribution is -2.36. The number of guanidine groups is 1. The number of thiazole rings is 1. The summed E-state index contributed by atoms with van der Waals surface area (Å²) in [7, 11) is 1.79. The molecular weight excluding hydrogens is 356 g/mol. The minimum absolute atomic E-state index is 0.686. The zero-order valence-corrected chi connectivity index (χ0v) is 17.4. The molecule has 1 aliphatic heterocycles. The molecule has 1 fully saturated rings. The van der Waals surface area contributed by atoms with Crippen molar-refractivity contribution in [2.24, 2.45) is 4.99 Å². The first kappa shape index (κ1) is 19.6. The van der Waals surface area contributed by atoms with E-state index in [9.17, 15) is 0 Å². The normalized spacial score (nSPS) is 15.5. The van der Waals surface area contributed by atoms with Crippen molar-refractivity contribution in [2.75, 3.05) is 25.0 Å². The Hall–Kier alpha value is -2.15. The summed E-state index contributed by atoms with van der Waals surface area (Å²) in [5.41, 5.74) is 2.26. The molecule has 2 aromatic heterocycles. The Bertz CT molecular complexity index is 725. The van der Waals surface area contributed by atoms with Crippen molar-refractivity contribution < 1.29 is 0 Å². The molecule has 2 aromatic rings. The Labute approximate surface area is 166 Å². The summed E-state index contributed by atoms with van der Waals surface area (Å²) in [6.07, 6.45) is 7.18. The molecule has 0 unspecified atom stereocenters. The summed E-state index contributed by atoms with van der Waals surface area (Å²) in [6, 6.07) is 4.29. The van der Waals surface area contributed by atoms with Crippen LogP contribution in [0, 0.1) is 13.8 Å². The summed E-state index contributed by atoms with van der Waals surface area (Å²) in [5.74, 6) is 1.87. The molecule has 0 radical (unpaired) electrons. The highest BCUT2D eigenvalue weighted by Crippen LogP contribution is 2.18. The molecule has 2 N–H and O–H groups in total. The monoisotopic (exact) mass is 386 g/mol. The lowest BCUT2D eigenvalue weighted by atomic mass is 10.2. The number of nitrogens with zero attached hydrogens (tertiary/aromatic N) is 4. The molecule has 7 heteroatoms. The standard InChI is InChI=1S/C20H30N6S/c1-15-16(2)27-19(25-15)14-24-20(21-3)23-13-17-8-9-18(22-12-17)26-10-6-4-5-7-11-26/h8-9,12H,4-7,10-11,13-14H2,1-3H3,(H2,21,23,24). The maximum Gasteiger partial charge on any atom is 0.191 e. The molecule has 0 spiro atoms. The molecule has 0 bridgehead atoms. The second kappa shape index (κ2) is 9.69. The summed E-state index contributed by atoms with van der Waals surface area (Å²) >= 11 is 1.73. The number of rotatable bonds is 5. The van der Waals surface area contributed by atoms with E-state index in [1.165, 1.54) is 30.6 Å². The van der Waals surface area contributed by atoms with E-state index in [1.807, 2.05) is 13.1 Å². The van der Waals surface area contributed by atoms with E-state index < -0.39 is 0 Å². The van der Waals surface area contributed by atoms with Gasteiger partial charge in [0, 0.05) is 37.8 Å². The van der Waals surface area contributed by atoms with Gasteiger partial charge in [0.05, 0.1) is 12.2 Å². The van der Waals surface area contributed by atoms with Crippen LogP contribution in [0.4, 0.5) is 5.82 Å². The van der Waals surface area contributed by atoms with Crippen LogP contribution in [0.2, 0.25) is 0 Å². The fourth-order valence-electron chi connectivity index (χ4n) is 3.19. The SMILES string of the molecule is CN=C(NCc1ccc(N2CCCCCC2)nc1)NCc1nc(C)c(C)s1. The van der Waals surface area contributed by atoms with Crippen molar-refractivity contribution in [3.63, 3.8) is 0 Å². The molecule has 0 amide bonds. The molecule has 146 valence electrons. The molecule has 6 nitrogen and oxygen atoms in total. The second-order valence-electron chi connectivity index (χ2n) is 6.95. The van der Waals surface area contributed by atoms with Gasteiger partial charge in [0.2, 0.25) is 0 Å². The zero-order chi connectivity index (χ0) is 19.1. The number of aliphatic imine (C=N–C) groups is 1. The van der Waals surface area contributed by atoms with Crippen molar-refractivity contribution in [1.29, 1.82) is 0 Å². The summed E-state index contributed by atoms with van der Waals surface area (Å²) in [5, 5.41) is 7.75. The van der Waals surface area contributed by atoms with Crippen LogP contribution < -0.4 is 15.5 Å². The van der Waals surface area contributed by atoms with Crippen molar-refractivity contribution in [1.82, 2.24) is 20.6 Å². The van der Waals surface area contributed by atoms with Crippen molar-refractivity contribution >= 4 is 23.1 Å². The quantitative estimate of drug-likeness (QED) is 0.609. The van der Waals surface area contributed by atoms with Crippen LogP contribution in [0.15, 0.2) is 23.3 Å². The molecule has 27 heavy (non-hydrogen) atoms. The number of nitrogens with one attached hydrogen (secondary N) is 2. The molecule has 0 saturated carbocycles. The van der Waals surface area contributed by atoms with Gasteiger partial charge in [0.1, 0.15) is 10.8 Å². The van der Waals surface area contributed by atoms with Gasteiger partial charge in [-0.3, -0.25) is 4.99 Å². The molecule has 1 saturated heterocycles. The van der Waals surface area contributed by atoms with Gasteiger partial charge in [0.25, 0.3) is 0 Å². The highest BCUT2D eigenvalue weighted by Gasteiger charge is 2.11. The number of hydrogen-bond acceptors (Lipinski definition) is 5. The van der Waals surface area contributed by atoms with E-state index in [0.29, 0.717) is 13.1 Å². The van der Waals surface area contributed by atoms with Crippen LogP contribution in [0.25, 0.3) is 0 Å². The van der Waals surface area contributed by atoms with Crippen LogP contribution in [0.1, 0.15) is 46.8 Å². The van der Waals surface area contributed by atoms with E-state index in [2.05, 4.69) is 49.6 Å². The number of pyridine rings is 1. The Kier molecular flexibility index (Phi) is 7.04. The maximum absolute atomic E-state index is 4.67. The third-order valence-corrected chi connectivity index (χ3v) is 5.98. The second-order valence-corrected chi connectivity index (χ2v) is 8.24. The van der Waals surface area contributed by atoms with Crippen molar-refractivity contribution in [3.05, 3.63) is 39.5 Å². The van der Waals surface area contributed by atoms with Crippen molar-refractivity contribution in [2.45, 2.75) is 52.6 Å². The Balaban J connectivity index is 1.49. The predicted octanol–water partition coefficient (Wildman–Crippen LogP) is 3.40. The van der Waals surface area contributed by atoms with Gasteiger partial charge in [-0.2, -0.15) is 0 Å². The smallest absolute Gasteiger partial charge is 0.191 e. The van der Waals surface area contributed by atoms with Crippen LogP contribution in [0.5, 0.6) is 0 Å². The Morgan fingerprint density at radius 1 is 1.11 bits per heavy atom. The van der Waals surface area contributed by atoms with E-state index in [0.717, 1.165) is 41.1 Å². The first-order chi connectivity index (χ1) is 13.2. The van der Waals surface area contributed by atoms with Crippen LogP contribution in [-0.2, 0) is 13.1 Å². The molecule has 0 aliphatic carbocycles. The highest BCUT2D eigenvalue weighted by atomic mass is 32.1. The van der Waals surface area contributed by atoms with Gasteiger partial charge >= 0.3 is 0 Å². The summed E-state index contributed by atoms with van der Waals surface area (Å²) < 4.78 is 0. The minimum Gasteiger partial charge on any atom is -0.357 e. The van der Waals surface area contributed by atoms with Gasteiger partial charge < -0.3 is 15.5 Å². The third kappa shape index (κ3) is 5.66. The van der Waals surface area contributed by atoms with E-state index in [4.69, 9.17) is 0 Å². The summed E-state index contributed by atoms with van der Waals surface area (Å²) in [4.78, 5) is 17.2. The summed E-state index contributed by atoms with van der Waals surface area (Å²) in [6.45, 7) is 7.78. The van der Waals surface area contributed by atoms with Gasteiger partial charge in [-0.05, 0) is 38.3 Å². The molecule has 1 aliphatic rings. The first-order valence-corrected chi connectivity index (χ1v) is 10.5. The minimum atomic E-state index is 0.686. The lowest BCUT2D eigenvalue weighted by Gasteiger charge is -2.21. The first-order valence-electron chi connectivity index (χ1n) is 9.73. The van der Waals surface area contributed by atoms with Crippen LogP contribution in [-0.4, -0.2) is 36.1 Å². The molecular formula is C20H30N6S. The van der Waals surface area contributed by atoms with E-state index >= 15 is 0 Å². The lowest BCUT2D eigenvalue weighted by molar-refractivity contribution is 0.726. The zero-order valence-electron chi connectivity index (χ0n) is 16.6. The van der Waals surface area contributed by atoms with E-state index in [-0.39, 0.29) is 0 Å². The molecule has 3 heterocycles. The Morgan fingerprint density at radius 2 is 1.85 bits per heavy atom. The van der Waals surface area contributed by atoms with Crippen LogP contribution in [0.3, 0.4) is 0 Å². The number of aryl methyl sites for hydroxylation is 2. The topological polar surface area (TPSA) is 65.4 Å². The highest BCUT2D eigenvalue weighted by molar-refractivity contribution is 7.11. The number of hydrogen-bond donors (Lipinski definition) is 2. The number of aromatic nitrogens is 2. The van der Waals surface area contributed by atoms with Gasteiger partial charge in [0.15, 0.2) is 5.96 Å². The molecule has 3 rings (SSSR count). The van der Waals surface area contributed by atoms with Crippen molar-refractivity contribution in [3.8, 4) is 0 Å². The predicted molar refractivity (Wildman–Crippen MR) is 114 cm³/mol. The largest absolute Gasteiger partial charge is 0.357 e. The average molecular weight is 387 g/mol. The fraction of sp³-hybridized carbons (Fsp3) is 0.550. The van der Waals surface area contributed by atoms with Gasteiger partial charge in [-0.1, -0.05) is 18.9 Å². The van der Waals surface area contributed by atoms with Gasteiger partial charge in [-0.15, -0.1) is 11.3 Å². The Morgan fingerprint density at radius 3 is 2.44 bits per heavy atom. The van der Waals surface area contributed by atoms with Gasteiger partial charge in [-0.25, -0.2) is 9.97 Å². The number of anilines is 1. The maximum atomic E-state index is 4.67. The molecule has 0 aromatic carbocycles. The fourth-order valence-corrected chi connectivity index (χ4v) is 4.06. The van der Waals surface area contributed by atoms with Crippen LogP contribution >= 0.6 is 11.3 Å². The molecule has 0 atom stereocenters.